The third-order valence-electron chi connectivity index (χ3n) is 1.73. The molecule has 0 aliphatic heterocycles. The maximum Gasteiger partial charge on any atom is 0.224 e. The van der Waals surface area contributed by atoms with Crippen LogP contribution in [0.4, 0.5) is 5.95 Å². The quantitative estimate of drug-likeness (QED) is 0.801. The highest BCUT2D eigenvalue weighted by Crippen LogP contribution is 2.10. The smallest absolute Gasteiger partial charge is 0.224 e. The Balaban J connectivity index is 2.76. The Bertz CT molecular complexity index is 370. The summed E-state index contributed by atoms with van der Waals surface area (Å²) in [6.07, 6.45) is 1.55. The molecule has 0 amide bonds. The Morgan fingerprint density at radius 1 is 1.60 bits per heavy atom. The molecule has 0 fully saturated rings. The zero-order valence-corrected chi connectivity index (χ0v) is 9.11. The molecule has 1 heterocycles. The second-order valence-electron chi connectivity index (χ2n) is 3.82. The lowest BCUT2D eigenvalue weighted by Gasteiger charge is -2.24. The minimum atomic E-state index is -0.261. The van der Waals surface area contributed by atoms with E-state index >= 15 is 0 Å². The van der Waals surface area contributed by atoms with Crippen molar-refractivity contribution >= 4 is 5.95 Å². The number of nitrogens with zero attached hydrogens (tertiary/aromatic N) is 3. The molecule has 80 valence electrons. The van der Waals surface area contributed by atoms with Gasteiger partial charge in [-0.05, 0) is 19.9 Å². The van der Waals surface area contributed by atoms with E-state index in [1.807, 2.05) is 19.9 Å². The molecule has 0 bridgehead atoms. The van der Waals surface area contributed by atoms with E-state index in [2.05, 4.69) is 15.3 Å². The SMILES string of the molecule is COCC(C)(C)Nc1nccc(C#N)n1. The number of ether oxygens (including phenoxy) is 1. The number of aromatic nitrogens is 2. The largest absolute Gasteiger partial charge is 0.382 e. The van der Waals surface area contributed by atoms with Gasteiger partial charge in [0.05, 0.1) is 12.1 Å². The van der Waals surface area contributed by atoms with E-state index in [1.165, 1.54) is 0 Å². The maximum atomic E-state index is 8.67. The van der Waals surface area contributed by atoms with Crippen molar-refractivity contribution in [3.05, 3.63) is 18.0 Å². The van der Waals surface area contributed by atoms with Gasteiger partial charge in [0, 0.05) is 13.3 Å². The third kappa shape index (κ3) is 3.52. The first-order valence-corrected chi connectivity index (χ1v) is 4.58. The number of nitrogens with one attached hydrogen (secondary N) is 1. The van der Waals surface area contributed by atoms with Crippen LogP contribution in [0, 0.1) is 11.3 Å². The molecule has 0 aromatic carbocycles. The number of hydrogen-bond donors (Lipinski definition) is 1. The normalized spacial score (nSPS) is 10.8. The molecule has 0 unspecified atom stereocenters. The molecule has 1 aromatic heterocycles. The minimum Gasteiger partial charge on any atom is -0.382 e. The van der Waals surface area contributed by atoms with Gasteiger partial charge in [-0.3, -0.25) is 0 Å². The fourth-order valence-corrected chi connectivity index (χ4v) is 1.18. The molecule has 15 heavy (non-hydrogen) atoms. The van der Waals surface area contributed by atoms with Crippen molar-refractivity contribution in [2.24, 2.45) is 0 Å². The average Bonchev–Trinajstić information content (AvgIpc) is 2.17. The summed E-state index contributed by atoms with van der Waals surface area (Å²) in [6, 6.07) is 3.53. The van der Waals surface area contributed by atoms with Crippen molar-refractivity contribution in [2.45, 2.75) is 19.4 Å². The Morgan fingerprint density at radius 3 is 2.93 bits per heavy atom. The molecule has 1 rings (SSSR count). The van der Waals surface area contributed by atoms with Crippen molar-refractivity contribution in [1.82, 2.24) is 9.97 Å². The number of rotatable bonds is 4. The topological polar surface area (TPSA) is 70.8 Å². The molecule has 5 nitrogen and oxygen atoms in total. The van der Waals surface area contributed by atoms with Crippen LogP contribution in [0.3, 0.4) is 0 Å². The monoisotopic (exact) mass is 206 g/mol. The summed E-state index contributed by atoms with van der Waals surface area (Å²) in [7, 11) is 1.63. The van der Waals surface area contributed by atoms with Gasteiger partial charge in [-0.1, -0.05) is 0 Å². The average molecular weight is 206 g/mol. The van der Waals surface area contributed by atoms with E-state index in [4.69, 9.17) is 10.00 Å². The Kier molecular flexibility index (Phi) is 3.58. The molecule has 0 aliphatic carbocycles. The highest BCUT2D eigenvalue weighted by Gasteiger charge is 2.18. The van der Waals surface area contributed by atoms with Gasteiger partial charge < -0.3 is 10.1 Å². The fourth-order valence-electron chi connectivity index (χ4n) is 1.18. The highest BCUT2D eigenvalue weighted by atomic mass is 16.5. The summed E-state index contributed by atoms with van der Waals surface area (Å²) in [5, 5.41) is 11.8. The van der Waals surface area contributed by atoms with Crippen molar-refractivity contribution in [1.29, 1.82) is 5.26 Å². The molecule has 0 spiro atoms. The van der Waals surface area contributed by atoms with Crippen molar-refractivity contribution < 1.29 is 4.74 Å². The van der Waals surface area contributed by atoms with Crippen LogP contribution in [0.25, 0.3) is 0 Å². The molecule has 0 aliphatic rings. The summed E-state index contributed by atoms with van der Waals surface area (Å²) >= 11 is 0. The summed E-state index contributed by atoms with van der Waals surface area (Å²) in [5.41, 5.74) is 0.0868. The Morgan fingerprint density at radius 2 is 2.33 bits per heavy atom. The van der Waals surface area contributed by atoms with Crippen LogP contribution in [-0.4, -0.2) is 29.2 Å². The summed E-state index contributed by atoms with van der Waals surface area (Å²) in [5.74, 6) is 0.441. The highest BCUT2D eigenvalue weighted by molar-refractivity contribution is 5.32. The van der Waals surface area contributed by atoms with E-state index in [0.29, 0.717) is 18.2 Å². The van der Waals surface area contributed by atoms with Gasteiger partial charge in [0.25, 0.3) is 0 Å². The lowest BCUT2D eigenvalue weighted by Crippen LogP contribution is -2.36. The second-order valence-corrected chi connectivity index (χ2v) is 3.82. The molecule has 5 heteroatoms. The lowest BCUT2D eigenvalue weighted by molar-refractivity contribution is 0.158. The summed E-state index contributed by atoms with van der Waals surface area (Å²) < 4.78 is 5.05. The number of nitriles is 1. The molecule has 1 N–H and O–H groups in total. The van der Waals surface area contributed by atoms with Gasteiger partial charge in [0.15, 0.2) is 0 Å². The van der Waals surface area contributed by atoms with Crippen LogP contribution < -0.4 is 5.32 Å². The predicted molar refractivity (Wildman–Crippen MR) is 56.3 cm³/mol. The van der Waals surface area contributed by atoms with Crippen LogP contribution in [0.1, 0.15) is 19.5 Å². The molecule has 0 saturated heterocycles. The van der Waals surface area contributed by atoms with Gasteiger partial charge in [-0.25, -0.2) is 9.97 Å². The van der Waals surface area contributed by atoms with E-state index in [-0.39, 0.29) is 5.54 Å². The van der Waals surface area contributed by atoms with Gasteiger partial charge in [0.1, 0.15) is 11.8 Å². The third-order valence-corrected chi connectivity index (χ3v) is 1.73. The zero-order chi connectivity index (χ0) is 11.3. The zero-order valence-electron chi connectivity index (χ0n) is 9.11. The Hall–Kier alpha value is -1.67. The van der Waals surface area contributed by atoms with Gasteiger partial charge in [0.2, 0.25) is 5.95 Å². The number of hydrogen-bond acceptors (Lipinski definition) is 5. The molecule has 1 aromatic rings. The van der Waals surface area contributed by atoms with Gasteiger partial charge in [-0.2, -0.15) is 5.26 Å². The first-order chi connectivity index (χ1) is 7.07. The predicted octanol–water partition coefficient (Wildman–Crippen LogP) is 1.19. The first-order valence-electron chi connectivity index (χ1n) is 4.58. The minimum absolute atomic E-state index is 0.261. The molecule has 0 atom stereocenters. The molecular formula is C10H14N4O. The van der Waals surface area contributed by atoms with E-state index in [1.54, 1.807) is 19.4 Å². The Labute approximate surface area is 89.1 Å². The van der Waals surface area contributed by atoms with Gasteiger partial charge in [-0.15, -0.1) is 0 Å². The van der Waals surface area contributed by atoms with E-state index in [0.717, 1.165) is 0 Å². The summed E-state index contributed by atoms with van der Waals surface area (Å²) in [6.45, 7) is 4.48. The molecular weight excluding hydrogens is 192 g/mol. The summed E-state index contributed by atoms with van der Waals surface area (Å²) in [4.78, 5) is 8.05. The first kappa shape index (κ1) is 11.4. The van der Waals surface area contributed by atoms with Crippen LogP contribution in [0.15, 0.2) is 12.3 Å². The lowest BCUT2D eigenvalue weighted by atomic mass is 10.1. The number of methoxy groups -OCH3 is 1. The molecule has 0 saturated carbocycles. The van der Waals surface area contributed by atoms with Crippen LogP contribution in [-0.2, 0) is 4.74 Å². The number of anilines is 1. The van der Waals surface area contributed by atoms with Crippen molar-refractivity contribution in [2.75, 3.05) is 19.0 Å². The van der Waals surface area contributed by atoms with Crippen LogP contribution in [0.5, 0.6) is 0 Å². The molecule has 0 radical (unpaired) electrons. The second kappa shape index (κ2) is 4.71. The fraction of sp³-hybridized carbons (Fsp3) is 0.500. The van der Waals surface area contributed by atoms with Crippen LogP contribution in [0.2, 0.25) is 0 Å². The van der Waals surface area contributed by atoms with Crippen LogP contribution >= 0.6 is 0 Å². The van der Waals surface area contributed by atoms with Crippen molar-refractivity contribution in [3.8, 4) is 6.07 Å². The maximum absolute atomic E-state index is 8.67. The van der Waals surface area contributed by atoms with E-state index in [9.17, 15) is 0 Å². The van der Waals surface area contributed by atoms with Crippen molar-refractivity contribution in [3.63, 3.8) is 0 Å². The van der Waals surface area contributed by atoms with Gasteiger partial charge >= 0.3 is 0 Å². The standard InChI is InChI=1S/C10H14N4O/c1-10(2,7-15-3)14-9-12-5-4-8(6-11)13-9/h4-5H,7H2,1-3H3,(H,12,13,14). The van der Waals surface area contributed by atoms with E-state index < -0.39 is 0 Å².